The smallest absolute Gasteiger partial charge is 0.310 e. The molecule has 0 radical (unpaired) electrons. The molecule has 1 atom stereocenters. The number of unbranched alkanes of at least 4 members (excludes halogenated alkanes) is 1. The van der Waals surface area contributed by atoms with Gasteiger partial charge in [-0.2, -0.15) is 5.10 Å². The first-order valence-electron chi connectivity index (χ1n) is 22.4. The lowest BCUT2D eigenvalue weighted by molar-refractivity contribution is -0.144. The predicted molar refractivity (Wildman–Crippen MR) is 252 cm³/mol. The van der Waals surface area contributed by atoms with Gasteiger partial charge in [-0.3, -0.25) is 14.3 Å². The zero-order valence-corrected chi connectivity index (χ0v) is 38.9. The van der Waals surface area contributed by atoms with E-state index in [0.29, 0.717) is 19.4 Å². The third kappa shape index (κ3) is 11.9. The van der Waals surface area contributed by atoms with Crippen molar-refractivity contribution in [3.63, 3.8) is 0 Å². The molecule has 5 aromatic carbocycles. The third-order valence-electron chi connectivity index (χ3n) is 11.7. The first kappa shape index (κ1) is 48.3. The Labute approximate surface area is 390 Å². The number of nitrogens with zero attached hydrogens (tertiary/aromatic N) is 3. The summed E-state index contributed by atoms with van der Waals surface area (Å²) < 4.78 is 79.9. The van der Waals surface area contributed by atoms with Crippen molar-refractivity contribution < 1.29 is 46.1 Å². The van der Waals surface area contributed by atoms with Crippen LogP contribution in [0.15, 0.2) is 133 Å². The van der Waals surface area contributed by atoms with E-state index in [-0.39, 0.29) is 81.2 Å². The molecule has 67 heavy (non-hydrogen) atoms. The van der Waals surface area contributed by atoms with Crippen LogP contribution in [0.2, 0.25) is 0 Å². The molecule has 0 aliphatic rings. The van der Waals surface area contributed by atoms with Crippen molar-refractivity contribution in [2.75, 3.05) is 13.2 Å². The third-order valence-corrected chi connectivity index (χ3v) is 13.4. The van der Waals surface area contributed by atoms with Gasteiger partial charge < -0.3 is 19.3 Å². The standard InChI is InChI=1S/C53H55F2N3O8S/c1-5-64-50(60)24-19-37-14-11-15-39(30-37)48(16-9-10-27-53(3,4)35-59)57-28-26-47(56-57)44-31-40(20-23-45(44)54)66-52-43(32-51(61)65-34-38-12-7-6-8-13-38)42-25-29-58(49(42)33-46(52)55)67(62,63)41-21-17-36(2)18-22-41/h6-8,11-15,17-18,20-23,25-26,28-31,33,48,59H,5,9-10,16,19,24,27,32,34-35H2,1-4H3. The largest absolute Gasteiger partial charge is 0.466 e. The fourth-order valence-electron chi connectivity index (χ4n) is 7.97. The van der Waals surface area contributed by atoms with Gasteiger partial charge in [-0.25, -0.2) is 21.2 Å². The van der Waals surface area contributed by atoms with Gasteiger partial charge in [0, 0.05) is 48.0 Å². The molecule has 14 heteroatoms. The molecular formula is C53H55F2N3O8S. The monoisotopic (exact) mass is 931 g/mol. The molecular weight excluding hydrogens is 877 g/mol. The van der Waals surface area contributed by atoms with E-state index < -0.39 is 34.0 Å². The molecule has 0 spiro atoms. The lowest BCUT2D eigenvalue weighted by Gasteiger charge is -2.23. The van der Waals surface area contributed by atoms with Crippen molar-refractivity contribution in [2.24, 2.45) is 5.41 Å². The number of carbonyl (C=O) groups excluding carboxylic acids is 2. The van der Waals surface area contributed by atoms with Crippen LogP contribution < -0.4 is 4.74 Å². The number of carbonyl (C=O) groups is 2. The fraction of sp³-hybridized carbons (Fsp3) is 0.302. The number of aliphatic hydroxyl groups is 1. The summed E-state index contributed by atoms with van der Waals surface area (Å²) in [6.45, 7) is 7.99. The van der Waals surface area contributed by atoms with Gasteiger partial charge in [0.25, 0.3) is 10.0 Å². The lowest BCUT2D eigenvalue weighted by Crippen LogP contribution is -2.17. The number of hydrogen-bond donors (Lipinski definition) is 1. The average molecular weight is 932 g/mol. The Bertz CT molecular complexity index is 2950. The Kier molecular flexibility index (Phi) is 15.4. The van der Waals surface area contributed by atoms with Crippen LogP contribution in [0, 0.1) is 24.0 Å². The van der Waals surface area contributed by atoms with Crippen LogP contribution in [0.4, 0.5) is 8.78 Å². The molecule has 0 bridgehead atoms. The highest BCUT2D eigenvalue weighted by atomic mass is 32.2. The van der Waals surface area contributed by atoms with Gasteiger partial charge >= 0.3 is 11.9 Å². The summed E-state index contributed by atoms with van der Waals surface area (Å²) in [5.74, 6) is -2.87. The number of aryl methyl sites for hydroxylation is 2. The summed E-state index contributed by atoms with van der Waals surface area (Å²) in [5, 5.41) is 14.9. The zero-order chi connectivity index (χ0) is 47.7. The Balaban J connectivity index is 1.21. The van der Waals surface area contributed by atoms with E-state index in [9.17, 15) is 23.1 Å². The topological polar surface area (TPSA) is 139 Å². The van der Waals surface area contributed by atoms with Crippen LogP contribution in [0.5, 0.6) is 11.5 Å². The molecule has 1 N–H and O–H groups in total. The van der Waals surface area contributed by atoms with Gasteiger partial charge in [0.1, 0.15) is 18.2 Å². The number of ether oxygens (including phenoxy) is 3. The summed E-state index contributed by atoms with van der Waals surface area (Å²) in [7, 11) is -4.19. The van der Waals surface area contributed by atoms with Gasteiger partial charge in [0.15, 0.2) is 11.6 Å². The number of aromatic nitrogens is 3. The van der Waals surface area contributed by atoms with Crippen molar-refractivity contribution in [3.05, 3.63) is 167 Å². The molecule has 0 aliphatic carbocycles. The average Bonchev–Trinajstić information content (AvgIpc) is 3.98. The number of rotatable bonds is 21. The molecule has 0 saturated heterocycles. The number of aliphatic hydroxyl groups excluding tert-OH is 1. The number of hydrogen-bond acceptors (Lipinski definition) is 9. The maximum absolute atomic E-state index is 16.6. The van der Waals surface area contributed by atoms with E-state index >= 15 is 8.78 Å². The second kappa shape index (κ2) is 21.3. The van der Waals surface area contributed by atoms with Gasteiger partial charge in [-0.15, -0.1) is 0 Å². The van der Waals surface area contributed by atoms with Crippen molar-refractivity contribution in [1.82, 2.24) is 13.8 Å². The van der Waals surface area contributed by atoms with Crippen LogP contribution in [-0.4, -0.2) is 52.4 Å². The predicted octanol–water partition coefficient (Wildman–Crippen LogP) is 11.1. The second-order valence-corrected chi connectivity index (χ2v) is 19.2. The summed E-state index contributed by atoms with van der Waals surface area (Å²) in [6.07, 6.45) is 6.51. The molecule has 1 unspecified atom stereocenters. The Morgan fingerprint density at radius 1 is 0.821 bits per heavy atom. The highest BCUT2D eigenvalue weighted by molar-refractivity contribution is 7.90. The quantitative estimate of drug-likeness (QED) is 0.0551. The number of benzene rings is 5. The van der Waals surface area contributed by atoms with Crippen LogP contribution in [-0.2, 0) is 48.5 Å². The fourth-order valence-corrected chi connectivity index (χ4v) is 9.31. The molecule has 350 valence electrons. The van der Waals surface area contributed by atoms with Crippen LogP contribution in [0.25, 0.3) is 22.2 Å². The molecule has 0 aliphatic heterocycles. The first-order valence-corrected chi connectivity index (χ1v) is 23.8. The highest BCUT2D eigenvalue weighted by Crippen LogP contribution is 2.39. The Morgan fingerprint density at radius 2 is 1.58 bits per heavy atom. The van der Waals surface area contributed by atoms with E-state index in [1.807, 2.05) is 63.2 Å². The minimum atomic E-state index is -4.19. The van der Waals surface area contributed by atoms with E-state index in [4.69, 9.17) is 19.3 Å². The van der Waals surface area contributed by atoms with Crippen molar-refractivity contribution in [2.45, 2.75) is 90.2 Å². The molecule has 7 aromatic rings. The maximum atomic E-state index is 16.6. The van der Waals surface area contributed by atoms with Gasteiger partial charge in [0.05, 0.1) is 35.2 Å². The van der Waals surface area contributed by atoms with E-state index in [1.165, 1.54) is 42.6 Å². The normalized spacial score (nSPS) is 12.3. The minimum absolute atomic E-state index is 0.00518. The van der Waals surface area contributed by atoms with Crippen LogP contribution >= 0.6 is 0 Å². The van der Waals surface area contributed by atoms with Crippen molar-refractivity contribution >= 4 is 32.9 Å². The van der Waals surface area contributed by atoms with Crippen LogP contribution in [0.3, 0.4) is 0 Å². The van der Waals surface area contributed by atoms with E-state index in [0.717, 1.165) is 51.6 Å². The van der Waals surface area contributed by atoms with Crippen LogP contribution in [0.1, 0.15) is 86.7 Å². The Morgan fingerprint density at radius 3 is 2.33 bits per heavy atom. The van der Waals surface area contributed by atoms with Gasteiger partial charge in [-0.1, -0.05) is 99.0 Å². The van der Waals surface area contributed by atoms with Crippen molar-refractivity contribution in [3.8, 4) is 22.8 Å². The summed E-state index contributed by atoms with van der Waals surface area (Å²) in [4.78, 5) is 25.6. The number of fused-ring (bicyclic) bond motifs is 1. The summed E-state index contributed by atoms with van der Waals surface area (Å²) in [6, 6.07) is 31.1. The second-order valence-electron chi connectivity index (χ2n) is 17.4. The molecule has 11 nitrogen and oxygen atoms in total. The summed E-state index contributed by atoms with van der Waals surface area (Å²) >= 11 is 0. The first-order chi connectivity index (χ1) is 32.1. The van der Waals surface area contributed by atoms with Gasteiger partial charge in [-0.05, 0) is 97.7 Å². The maximum Gasteiger partial charge on any atom is 0.310 e. The molecule has 2 aromatic heterocycles. The minimum Gasteiger partial charge on any atom is -0.466 e. The molecule has 0 fully saturated rings. The Hall–Kier alpha value is -6.64. The van der Waals surface area contributed by atoms with E-state index in [2.05, 4.69) is 0 Å². The molecule has 0 amide bonds. The van der Waals surface area contributed by atoms with Gasteiger partial charge in [0.2, 0.25) is 0 Å². The summed E-state index contributed by atoms with van der Waals surface area (Å²) in [5.41, 5.74) is 3.67. The molecule has 0 saturated carbocycles. The number of esters is 2. The number of halogens is 2. The SMILES string of the molecule is CCOC(=O)CCc1cccc(C(CCCCC(C)(C)CO)n2ccc(-c3cc(Oc4c(F)cc5c(ccn5S(=O)(=O)c5ccc(C)cc5)c4CC(=O)OCc4ccccc4)ccc3F)n2)c1. The highest BCUT2D eigenvalue weighted by Gasteiger charge is 2.27. The van der Waals surface area contributed by atoms with E-state index in [1.54, 1.807) is 48.1 Å². The molecule has 7 rings (SSSR count). The molecule has 2 heterocycles. The zero-order valence-electron chi connectivity index (χ0n) is 38.1. The van der Waals surface area contributed by atoms with Crippen molar-refractivity contribution in [1.29, 1.82) is 0 Å². The lowest BCUT2D eigenvalue weighted by atomic mass is 9.87.